The number of ether oxygens (including phenoxy) is 1. The van der Waals surface area contributed by atoms with Crippen molar-refractivity contribution in [2.45, 2.75) is 40.3 Å². The van der Waals surface area contributed by atoms with Crippen LogP contribution in [0.5, 0.6) is 0 Å². The standard InChI is InChI=1S/C23H27N5O6/c1-12(2)10-27-19(24)17(21(31)26(5)23(27)33)16(29)11-34-22(32)18-14-8-6-7-9-15(14)20(30)28(25-18)13(3)4/h6-9,12-13H,10-11,24H2,1-5H3. The number of Topliss-reactive ketones (excluding diaryl/α,β-unsaturated/α-hetero) is 1. The van der Waals surface area contributed by atoms with Crippen molar-refractivity contribution in [3.8, 4) is 0 Å². The molecule has 0 aliphatic heterocycles. The molecule has 0 aliphatic rings. The van der Waals surface area contributed by atoms with Crippen molar-refractivity contribution in [2.24, 2.45) is 13.0 Å². The fourth-order valence-corrected chi connectivity index (χ4v) is 3.57. The number of nitrogens with zero attached hydrogens (tertiary/aromatic N) is 4. The van der Waals surface area contributed by atoms with E-state index < -0.39 is 35.2 Å². The lowest BCUT2D eigenvalue weighted by atomic mass is 10.1. The van der Waals surface area contributed by atoms with Crippen molar-refractivity contribution in [1.29, 1.82) is 0 Å². The van der Waals surface area contributed by atoms with Gasteiger partial charge in [-0.05, 0) is 25.8 Å². The molecule has 0 aliphatic carbocycles. The Hall–Kier alpha value is -4.02. The molecule has 0 atom stereocenters. The first kappa shape index (κ1) is 24.6. The summed E-state index contributed by atoms with van der Waals surface area (Å²) in [6.45, 7) is 6.60. The molecule has 0 fully saturated rings. The van der Waals surface area contributed by atoms with E-state index in [1.54, 1.807) is 38.1 Å². The average molecular weight is 469 g/mol. The Bertz CT molecular complexity index is 1460. The summed E-state index contributed by atoms with van der Waals surface area (Å²) in [6.07, 6.45) is 0. The van der Waals surface area contributed by atoms with E-state index in [2.05, 4.69) is 5.10 Å². The van der Waals surface area contributed by atoms with E-state index in [0.717, 1.165) is 13.8 Å². The molecule has 0 spiro atoms. The minimum atomic E-state index is -0.940. The molecule has 34 heavy (non-hydrogen) atoms. The second kappa shape index (κ2) is 9.46. The minimum Gasteiger partial charge on any atom is -0.452 e. The van der Waals surface area contributed by atoms with Crippen molar-refractivity contribution in [1.82, 2.24) is 18.9 Å². The van der Waals surface area contributed by atoms with Gasteiger partial charge in [0.05, 0.1) is 11.4 Å². The summed E-state index contributed by atoms with van der Waals surface area (Å²) in [5, 5.41) is 4.70. The number of benzene rings is 1. The third-order valence-electron chi connectivity index (χ3n) is 5.26. The van der Waals surface area contributed by atoms with Gasteiger partial charge < -0.3 is 10.5 Å². The summed E-state index contributed by atoms with van der Waals surface area (Å²) in [7, 11) is 1.24. The summed E-state index contributed by atoms with van der Waals surface area (Å²) in [5.41, 5.74) is 3.56. The molecule has 0 saturated carbocycles. The molecular formula is C23H27N5O6. The lowest BCUT2D eigenvalue weighted by molar-refractivity contribution is 0.0467. The van der Waals surface area contributed by atoms with Crippen LogP contribution in [0, 0.1) is 5.92 Å². The van der Waals surface area contributed by atoms with E-state index in [9.17, 15) is 24.0 Å². The van der Waals surface area contributed by atoms with Crippen LogP contribution in [-0.2, 0) is 18.3 Å². The third-order valence-corrected chi connectivity index (χ3v) is 5.26. The number of nitrogen functional groups attached to an aromatic ring is 1. The molecule has 2 aromatic heterocycles. The highest BCUT2D eigenvalue weighted by molar-refractivity contribution is 6.05. The highest BCUT2D eigenvalue weighted by atomic mass is 16.5. The van der Waals surface area contributed by atoms with Gasteiger partial charge in [0.25, 0.3) is 11.1 Å². The lowest BCUT2D eigenvalue weighted by Crippen LogP contribution is -2.43. The zero-order chi connectivity index (χ0) is 25.3. The van der Waals surface area contributed by atoms with E-state index in [4.69, 9.17) is 10.5 Å². The van der Waals surface area contributed by atoms with Crippen molar-refractivity contribution < 1.29 is 14.3 Å². The molecule has 2 N–H and O–H groups in total. The van der Waals surface area contributed by atoms with Crippen molar-refractivity contribution in [2.75, 3.05) is 12.3 Å². The Labute approximate surface area is 194 Å². The maximum Gasteiger partial charge on any atom is 0.359 e. The summed E-state index contributed by atoms with van der Waals surface area (Å²) >= 11 is 0. The van der Waals surface area contributed by atoms with Crippen LogP contribution in [0.1, 0.15) is 54.6 Å². The average Bonchev–Trinajstić information content (AvgIpc) is 2.79. The molecule has 3 aromatic rings. The topological polar surface area (TPSA) is 148 Å². The van der Waals surface area contributed by atoms with Gasteiger partial charge in [0.1, 0.15) is 11.4 Å². The number of aromatic nitrogens is 4. The monoisotopic (exact) mass is 469 g/mol. The minimum absolute atomic E-state index is 0.0225. The number of fused-ring (bicyclic) bond motifs is 1. The highest BCUT2D eigenvalue weighted by Gasteiger charge is 2.25. The van der Waals surface area contributed by atoms with Gasteiger partial charge in [-0.15, -0.1) is 0 Å². The second-order valence-corrected chi connectivity index (χ2v) is 8.65. The van der Waals surface area contributed by atoms with E-state index in [-0.39, 0.29) is 46.3 Å². The molecule has 1 aromatic carbocycles. The maximum absolute atomic E-state index is 12.9. The Morgan fingerprint density at radius 1 is 1.03 bits per heavy atom. The van der Waals surface area contributed by atoms with E-state index in [1.165, 1.54) is 7.05 Å². The highest BCUT2D eigenvalue weighted by Crippen LogP contribution is 2.16. The van der Waals surface area contributed by atoms with Crippen LogP contribution in [-0.4, -0.2) is 37.3 Å². The molecule has 0 radical (unpaired) electrons. The largest absolute Gasteiger partial charge is 0.452 e. The summed E-state index contributed by atoms with van der Waals surface area (Å²) in [5.74, 6) is -2.05. The molecular weight excluding hydrogens is 442 g/mol. The number of carbonyl (C=O) groups excluding carboxylic acids is 2. The fourth-order valence-electron chi connectivity index (χ4n) is 3.57. The van der Waals surface area contributed by atoms with Crippen LogP contribution >= 0.6 is 0 Å². The van der Waals surface area contributed by atoms with Crippen LogP contribution < -0.4 is 22.5 Å². The van der Waals surface area contributed by atoms with Crippen LogP contribution in [0.15, 0.2) is 38.6 Å². The molecule has 180 valence electrons. The van der Waals surface area contributed by atoms with E-state index in [0.29, 0.717) is 0 Å². The van der Waals surface area contributed by atoms with Gasteiger partial charge in [0.15, 0.2) is 12.3 Å². The SMILES string of the molecule is CC(C)Cn1c(N)c(C(=O)COC(=O)c2nn(C(C)C)c(=O)c3ccccc23)c(=O)n(C)c1=O. The zero-order valence-electron chi connectivity index (χ0n) is 19.7. The summed E-state index contributed by atoms with van der Waals surface area (Å²) in [6, 6.07) is 6.12. The molecule has 11 nitrogen and oxygen atoms in total. The van der Waals surface area contributed by atoms with Gasteiger partial charge in [-0.25, -0.2) is 14.3 Å². The number of carbonyl (C=O) groups is 2. The molecule has 0 saturated heterocycles. The number of ketones is 1. The molecule has 0 bridgehead atoms. The molecule has 2 heterocycles. The predicted molar refractivity (Wildman–Crippen MR) is 126 cm³/mol. The van der Waals surface area contributed by atoms with Crippen LogP contribution in [0.4, 0.5) is 5.82 Å². The van der Waals surface area contributed by atoms with Crippen LogP contribution in [0.2, 0.25) is 0 Å². The van der Waals surface area contributed by atoms with Gasteiger partial charge >= 0.3 is 11.7 Å². The predicted octanol–water partition coefficient (Wildman–Crippen LogP) is 1.12. The number of hydrogen-bond donors (Lipinski definition) is 1. The lowest BCUT2D eigenvalue weighted by Gasteiger charge is -2.16. The van der Waals surface area contributed by atoms with Crippen LogP contribution in [0.25, 0.3) is 10.8 Å². The Balaban J connectivity index is 1.98. The first-order valence-electron chi connectivity index (χ1n) is 10.8. The maximum atomic E-state index is 12.9. The van der Waals surface area contributed by atoms with E-state index in [1.807, 2.05) is 13.8 Å². The third kappa shape index (κ3) is 4.41. The van der Waals surface area contributed by atoms with Gasteiger partial charge in [-0.2, -0.15) is 5.10 Å². The summed E-state index contributed by atoms with van der Waals surface area (Å²) in [4.78, 5) is 63.4. The normalized spacial score (nSPS) is 11.4. The molecule has 0 unspecified atom stereocenters. The van der Waals surface area contributed by atoms with Gasteiger partial charge in [-0.1, -0.05) is 32.0 Å². The van der Waals surface area contributed by atoms with E-state index >= 15 is 0 Å². The Kier molecular flexibility index (Phi) is 6.85. The number of esters is 1. The fraction of sp³-hybridized carbons (Fsp3) is 0.391. The Morgan fingerprint density at radius 3 is 2.24 bits per heavy atom. The quantitative estimate of drug-likeness (QED) is 0.400. The number of anilines is 1. The number of nitrogens with two attached hydrogens (primary N) is 1. The van der Waals surface area contributed by atoms with Crippen molar-refractivity contribution >= 4 is 28.3 Å². The van der Waals surface area contributed by atoms with Gasteiger partial charge in [0.2, 0.25) is 5.78 Å². The number of rotatable bonds is 7. The second-order valence-electron chi connectivity index (χ2n) is 8.65. The zero-order valence-corrected chi connectivity index (χ0v) is 19.7. The van der Waals surface area contributed by atoms with Crippen LogP contribution in [0.3, 0.4) is 0 Å². The van der Waals surface area contributed by atoms with Gasteiger partial charge in [-0.3, -0.25) is 23.5 Å². The van der Waals surface area contributed by atoms with Crippen molar-refractivity contribution in [3.63, 3.8) is 0 Å². The molecule has 0 amide bonds. The van der Waals surface area contributed by atoms with Crippen molar-refractivity contribution in [3.05, 3.63) is 66.7 Å². The smallest absolute Gasteiger partial charge is 0.359 e. The first-order chi connectivity index (χ1) is 16.0. The number of hydrogen-bond acceptors (Lipinski definition) is 8. The molecule has 11 heteroatoms. The molecule has 3 rings (SSSR count). The summed E-state index contributed by atoms with van der Waals surface area (Å²) < 4.78 is 8.27. The first-order valence-corrected chi connectivity index (χ1v) is 10.8. The Morgan fingerprint density at radius 2 is 1.65 bits per heavy atom. The van der Waals surface area contributed by atoms with Gasteiger partial charge in [0, 0.05) is 19.0 Å².